The van der Waals surface area contributed by atoms with Gasteiger partial charge in [0.1, 0.15) is 5.82 Å². The minimum Gasteiger partial charge on any atom is -0.476 e. The first-order chi connectivity index (χ1) is 10.8. The number of carboxylic acid groups (broad SMARTS) is 1. The molecule has 23 heavy (non-hydrogen) atoms. The van der Waals surface area contributed by atoms with Crippen LogP contribution in [0.1, 0.15) is 0 Å². The third kappa shape index (κ3) is 2.71. The Morgan fingerprint density at radius 2 is 1.83 bits per heavy atom. The Bertz CT molecular complexity index is 911. The molecule has 9 heteroatoms. The lowest BCUT2D eigenvalue weighted by molar-refractivity contribution is -0.154. The van der Waals surface area contributed by atoms with E-state index in [4.69, 9.17) is 26.2 Å². The van der Waals surface area contributed by atoms with E-state index < -0.39 is 27.9 Å². The quantitative estimate of drug-likeness (QED) is 0.906. The molecule has 1 N–H and O–H groups in total. The Hall–Kier alpha value is -2.32. The van der Waals surface area contributed by atoms with Gasteiger partial charge >= 0.3 is 12.3 Å². The minimum atomic E-state index is -4.11. The second-order valence-corrected chi connectivity index (χ2v) is 6.92. The number of halogens is 2. The van der Waals surface area contributed by atoms with E-state index in [1.807, 2.05) is 0 Å². The summed E-state index contributed by atoms with van der Waals surface area (Å²) in [6.45, 7) is 0. The zero-order valence-corrected chi connectivity index (χ0v) is 12.8. The summed E-state index contributed by atoms with van der Waals surface area (Å²) in [5.74, 6) is -2.14. The first kappa shape index (κ1) is 15.6. The van der Waals surface area contributed by atoms with E-state index in [0.717, 1.165) is 24.3 Å². The highest BCUT2D eigenvalue weighted by Gasteiger charge is 2.33. The fourth-order valence-corrected chi connectivity index (χ4v) is 3.84. The van der Waals surface area contributed by atoms with Crippen LogP contribution in [0.25, 0.3) is 0 Å². The van der Waals surface area contributed by atoms with Gasteiger partial charge in [0.05, 0.1) is 14.8 Å². The standard InChI is InChI=1S/C14H8ClFO6S/c15-9-5-10-11(22-14(21-10)13(17)18)6-12(9)23(19,20)8-3-1-2-7(16)4-8/h1-6,14H,(H,17,18). The number of fused-ring (bicyclic) bond motifs is 1. The van der Waals surface area contributed by atoms with Crippen molar-refractivity contribution in [3.05, 3.63) is 47.2 Å². The van der Waals surface area contributed by atoms with E-state index >= 15 is 0 Å². The summed E-state index contributed by atoms with van der Waals surface area (Å²) in [6, 6.07) is 6.64. The van der Waals surface area contributed by atoms with Gasteiger partial charge in [-0.15, -0.1) is 0 Å². The number of carbonyl (C=O) groups is 1. The molecule has 1 heterocycles. The van der Waals surface area contributed by atoms with Crippen molar-refractivity contribution in [3.63, 3.8) is 0 Å². The van der Waals surface area contributed by atoms with Crippen LogP contribution in [0.5, 0.6) is 11.5 Å². The molecule has 6 nitrogen and oxygen atoms in total. The smallest absolute Gasteiger partial charge is 0.387 e. The molecule has 0 aromatic heterocycles. The number of ether oxygens (including phenoxy) is 2. The van der Waals surface area contributed by atoms with Crippen molar-refractivity contribution >= 4 is 27.4 Å². The zero-order chi connectivity index (χ0) is 16.8. The summed E-state index contributed by atoms with van der Waals surface area (Å²) in [6.07, 6.45) is -1.58. The highest BCUT2D eigenvalue weighted by Crippen LogP contribution is 2.41. The predicted octanol–water partition coefficient (Wildman–Crippen LogP) is 2.49. The van der Waals surface area contributed by atoms with Crippen LogP contribution in [0, 0.1) is 5.82 Å². The maximum Gasteiger partial charge on any atom is 0.387 e. The van der Waals surface area contributed by atoms with Gasteiger partial charge < -0.3 is 14.6 Å². The van der Waals surface area contributed by atoms with Crippen LogP contribution in [0.15, 0.2) is 46.2 Å². The number of hydrogen-bond donors (Lipinski definition) is 1. The lowest BCUT2D eigenvalue weighted by Crippen LogP contribution is -2.28. The largest absolute Gasteiger partial charge is 0.476 e. The van der Waals surface area contributed by atoms with Crippen molar-refractivity contribution in [2.75, 3.05) is 0 Å². The van der Waals surface area contributed by atoms with Gasteiger partial charge in [-0.1, -0.05) is 17.7 Å². The summed E-state index contributed by atoms with van der Waals surface area (Å²) in [5, 5.41) is 8.66. The van der Waals surface area contributed by atoms with E-state index in [1.54, 1.807) is 0 Å². The molecule has 120 valence electrons. The molecule has 1 aliphatic heterocycles. The predicted molar refractivity (Wildman–Crippen MR) is 76.0 cm³/mol. The van der Waals surface area contributed by atoms with Crippen LogP contribution in [0.4, 0.5) is 4.39 Å². The van der Waals surface area contributed by atoms with E-state index in [9.17, 15) is 17.6 Å². The van der Waals surface area contributed by atoms with Gasteiger partial charge in [0.25, 0.3) is 0 Å². The molecule has 0 spiro atoms. The topological polar surface area (TPSA) is 89.9 Å². The normalized spacial score (nSPS) is 16.3. The van der Waals surface area contributed by atoms with Gasteiger partial charge in [-0.05, 0) is 18.2 Å². The Balaban J connectivity index is 2.09. The molecule has 0 bridgehead atoms. The first-order valence-corrected chi connectivity index (χ1v) is 8.05. The highest BCUT2D eigenvalue weighted by atomic mass is 35.5. The zero-order valence-electron chi connectivity index (χ0n) is 11.2. The molecule has 1 unspecified atom stereocenters. The summed E-state index contributed by atoms with van der Waals surface area (Å²) >= 11 is 5.95. The number of benzene rings is 2. The monoisotopic (exact) mass is 358 g/mol. The summed E-state index contributed by atoms with van der Waals surface area (Å²) in [5.41, 5.74) is 0. The molecular weight excluding hydrogens is 351 g/mol. The summed E-state index contributed by atoms with van der Waals surface area (Å²) in [7, 11) is -4.11. The van der Waals surface area contributed by atoms with E-state index in [1.165, 1.54) is 12.1 Å². The van der Waals surface area contributed by atoms with Gasteiger partial charge in [-0.25, -0.2) is 17.6 Å². The number of carboxylic acids is 1. The highest BCUT2D eigenvalue weighted by molar-refractivity contribution is 7.91. The minimum absolute atomic E-state index is 0.0144. The van der Waals surface area contributed by atoms with Crippen molar-refractivity contribution in [1.82, 2.24) is 0 Å². The molecule has 2 aromatic rings. The van der Waals surface area contributed by atoms with Crippen LogP contribution in [0.2, 0.25) is 5.02 Å². The molecule has 0 radical (unpaired) electrons. The number of sulfone groups is 1. The second-order valence-electron chi connectivity index (χ2n) is 4.60. The average Bonchev–Trinajstić information content (AvgIpc) is 2.89. The van der Waals surface area contributed by atoms with Crippen molar-refractivity contribution in [2.24, 2.45) is 0 Å². The van der Waals surface area contributed by atoms with Crippen molar-refractivity contribution < 1.29 is 32.2 Å². The van der Waals surface area contributed by atoms with Gasteiger partial charge in [0.15, 0.2) is 11.5 Å². The average molecular weight is 359 g/mol. The maximum atomic E-state index is 13.3. The van der Waals surface area contributed by atoms with E-state index in [2.05, 4.69) is 0 Å². The summed E-state index contributed by atoms with van der Waals surface area (Å²) in [4.78, 5) is 10.2. The molecule has 0 fully saturated rings. The lowest BCUT2D eigenvalue weighted by atomic mass is 10.3. The fourth-order valence-electron chi connectivity index (χ4n) is 2.02. The molecule has 0 aliphatic carbocycles. The molecular formula is C14H8ClFO6S. The van der Waals surface area contributed by atoms with Crippen molar-refractivity contribution in [1.29, 1.82) is 0 Å². The molecule has 2 aromatic carbocycles. The molecule has 0 saturated heterocycles. The number of rotatable bonds is 3. The molecule has 0 saturated carbocycles. The van der Waals surface area contributed by atoms with Gasteiger partial charge in [0.2, 0.25) is 9.84 Å². The van der Waals surface area contributed by atoms with Crippen molar-refractivity contribution in [2.45, 2.75) is 16.1 Å². The van der Waals surface area contributed by atoms with Crippen LogP contribution in [0.3, 0.4) is 0 Å². The SMILES string of the molecule is O=C(O)C1Oc2cc(Cl)c(S(=O)(=O)c3cccc(F)c3)cc2O1. The van der Waals surface area contributed by atoms with Crippen molar-refractivity contribution in [3.8, 4) is 11.5 Å². The molecule has 3 rings (SSSR count). The Morgan fingerprint density at radius 3 is 2.43 bits per heavy atom. The van der Waals surface area contributed by atoms with Crippen LogP contribution in [-0.4, -0.2) is 25.8 Å². The third-order valence-electron chi connectivity index (χ3n) is 3.06. The van der Waals surface area contributed by atoms with Crippen LogP contribution >= 0.6 is 11.6 Å². The van der Waals surface area contributed by atoms with Gasteiger partial charge in [-0.2, -0.15) is 0 Å². The number of aliphatic carboxylic acids is 1. The summed E-state index contributed by atoms with van der Waals surface area (Å²) < 4.78 is 48.4. The second kappa shape index (κ2) is 5.39. The number of hydrogen-bond acceptors (Lipinski definition) is 5. The molecule has 1 atom stereocenters. The van der Waals surface area contributed by atoms with E-state index in [-0.39, 0.29) is 26.3 Å². The molecule has 1 aliphatic rings. The fraction of sp³-hybridized carbons (Fsp3) is 0.0714. The third-order valence-corrected chi connectivity index (χ3v) is 5.28. The van der Waals surface area contributed by atoms with Crippen LogP contribution in [-0.2, 0) is 14.6 Å². The molecule has 0 amide bonds. The Kier molecular flexibility index (Phi) is 3.65. The van der Waals surface area contributed by atoms with Gasteiger partial charge in [-0.3, -0.25) is 0 Å². The lowest BCUT2D eigenvalue weighted by Gasteiger charge is -2.08. The van der Waals surface area contributed by atoms with Crippen LogP contribution < -0.4 is 9.47 Å². The Morgan fingerprint density at radius 1 is 1.17 bits per heavy atom. The Labute approximate surface area is 134 Å². The maximum absolute atomic E-state index is 13.3. The first-order valence-electron chi connectivity index (χ1n) is 6.19. The van der Waals surface area contributed by atoms with Gasteiger partial charge in [0, 0.05) is 12.1 Å². The van der Waals surface area contributed by atoms with E-state index in [0.29, 0.717) is 0 Å².